The molecule has 0 spiro atoms. The van der Waals surface area contributed by atoms with Gasteiger partial charge in [-0.2, -0.15) is 0 Å². The van der Waals surface area contributed by atoms with Crippen LogP contribution >= 0.6 is 0 Å². The Morgan fingerprint density at radius 3 is 2.50 bits per heavy atom. The van der Waals surface area contributed by atoms with Gasteiger partial charge in [0.25, 0.3) is 0 Å². The first-order valence-electron chi connectivity index (χ1n) is 10.7. The van der Waals surface area contributed by atoms with Crippen LogP contribution in [0.2, 0.25) is 0 Å². The van der Waals surface area contributed by atoms with Crippen molar-refractivity contribution in [2.45, 2.75) is 31.8 Å². The van der Waals surface area contributed by atoms with E-state index in [9.17, 15) is 0 Å². The molecule has 1 unspecified atom stereocenters. The second-order valence-electron chi connectivity index (χ2n) is 7.40. The molecule has 1 fully saturated rings. The molecule has 0 aromatic heterocycles. The number of rotatable bonds is 13. The number of hydrogen-bond acceptors (Lipinski definition) is 6. The molecule has 0 bridgehead atoms. The number of unbranched alkanes of at least 4 members (excludes halogenated alkanes) is 1. The summed E-state index contributed by atoms with van der Waals surface area (Å²) in [6, 6.07) is 6.44. The van der Waals surface area contributed by atoms with Gasteiger partial charge in [-0.25, -0.2) is 0 Å². The van der Waals surface area contributed by atoms with Crippen molar-refractivity contribution < 1.29 is 18.9 Å². The zero-order valence-corrected chi connectivity index (χ0v) is 18.9. The van der Waals surface area contributed by atoms with Crippen molar-refractivity contribution in [2.24, 2.45) is 4.99 Å². The minimum atomic E-state index is 0.390. The van der Waals surface area contributed by atoms with Gasteiger partial charge in [-0.3, -0.25) is 9.89 Å². The maximum atomic E-state index is 5.48. The quantitative estimate of drug-likeness (QED) is 0.286. The summed E-state index contributed by atoms with van der Waals surface area (Å²) >= 11 is 0. The minimum absolute atomic E-state index is 0.390. The molecule has 0 amide bonds. The lowest BCUT2D eigenvalue weighted by Gasteiger charge is -2.19. The number of hydrogen-bond donors (Lipinski definition) is 2. The molecule has 0 radical (unpaired) electrons. The zero-order valence-electron chi connectivity index (χ0n) is 18.9. The van der Waals surface area contributed by atoms with Gasteiger partial charge in [0.05, 0.1) is 27.4 Å². The first kappa shape index (κ1) is 24.2. The molecule has 1 saturated heterocycles. The molecule has 1 heterocycles. The topological polar surface area (TPSA) is 76.6 Å². The molecule has 0 saturated carbocycles. The summed E-state index contributed by atoms with van der Waals surface area (Å²) in [5, 5.41) is 6.95. The zero-order chi connectivity index (χ0) is 21.6. The maximum Gasteiger partial charge on any atom is 0.191 e. The van der Waals surface area contributed by atoms with Crippen LogP contribution in [0.1, 0.15) is 24.8 Å². The number of guanidine groups is 1. The summed E-state index contributed by atoms with van der Waals surface area (Å²) in [4.78, 5) is 6.80. The van der Waals surface area contributed by atoms with Gasteiger partial charge in [0.15, 0.2) is 5.96 Å². The van der Waals surface area contributed by atoms with E-state index in [1.807, 2.05) is 13.1 Å². The molecular weight excluding hydrogens is 384 g/mol. The van der Waals surface area contributed by atoms with E-state index in [4.69, 9.17) is 18.9 Å². The third kappa shape index (κ3) is 8.77. The second kappa shape index (κ2) is 14.1. The number of ether oxygens (including phenoxy) is 4. The van der Waals surface area contributed by atoms with Crippen molar-refractivity contribution in [2.75, 3.05) is 67.8 Å². The van der Waals surface area contributed by atoms with Crippen LogP contribution < -0.4 is 20.1 Å². The van der Waals surface area contributed by atoms with Crippen LogP contribution in [-0.4, -0.2) is 84.7 Å². The monoisotopic (exact) mass is 422 g/mol. The van der Waals surface area contributed by atoms with Crippen molar-refractivity contribution in [1.82, 2.24) is 15.5 Å². The van der Waals surface area contributed by atoms with Gasteiger partial charge in [-0.05, 0) is 37.0 Å². The number of aliphatic imine (C=N–C) groups is 1. The molecule has 8 heteroatoms. The highest BCUT2D eigenvalue weighted by molar-refractivity contribution is 5.79. The standard InChI is InChI=1S/C22H38N4O4/c1-23-22(24-8-5-6-10-30-12-11-27-2)25-19-7-9-26(17-19)16-18-13-20(28-3)15-21(14-18)29-4/h13-15,19H,5-12,16-17H2,1-4H3,(H2,23,24,25). The highest BCUT2D eigenvalue weighted by Crippen LogP contribution is 2.24. The Morgan fingerprint density at radius 2 is 1.83 bits per heavy atom. The molecule has 8 nitrogen and oxygen atoms in total. The van der Waals surface area contributed by atoms with E-state index in [0.29, 0.717) is 19.3 Å². The fraction of sp³-hybridized carbons (Fsp3) is 0.682. The lowest BCUT2D eigenvalue weighted by molar-refractivity contribution is 0.0689. The third-order valence-electron chi connectivity index (χ3n) is 5.09. The van der Waals surface area contributed by atoms with Gasteiger partial charge >= 0.3 is 0 Å². The number of nitrogens with one attached hydrogen (secondary N) is 2. The van der Waals surface area contributed by atoms with E-state index in [-0.39, 0.29) is 0 Å². The fourth-order valence-corrected chi connectivity index (χ4v) is 3.48. The van der Waals surface area contributed by atoms with Crippen molar-refractivity contribution in [3.05, 3.63) is 23.8 Å². The molecule has 2 N–H and O–H groups in total. The van der Waals surface area contributed by atoms with E-state index >= 15 is 0 Å². The van der Waals surface area contributed by atoms with Crippen LogP contribution in [0.25, 0.3) is 0 Å². The van der Waals surface area contributed by atoms with Crippen LogP contribution in [0.3, 0.4) is 0 Å². The first-order valence-corrected chi connectivity index (χ1v) is 10.7. The Hall–Kier alpha value is -2.03. The molecule has 1 atom stereocenters. The third-order valence-corrected chi connectivity index (χ3v) is 5.09. The van der Waals surface area contributed by atoms with E-state index in [1.54, 1.807) is 21.3 Å². The van der Waals surface area contributed by atoms with Crippen LogP contribution in [0.5, 0.6) is 11.5 Å². The van der Waals surface area contributed by atoms with E-state index < -0.39 is 0 Å². The van der Waals surface area contributed by atoms with Gasteiger partial charge in [-0.1, -0.05) is 0 Å². The van der Waals surface area contributed by atoms with Crippen LogP contribution in [0.15, 0.2) is 23.2 Å². The normalized spacial score (nSPS) is 17.2. The smallest absolute Gasteiger partial charge is 0.191 e. The Bertz CT molecular complexity index is 619. The van der Waals surface area contributed by atoms with E-state index in [2.05, 4.69) is 32.7 Å². The van der Waals surface area contributed by atoms with E-state index in [0.717, 1.165) is 69.5 Å². The Morgan fingerprint density at radius 1 is 1.07 bits per heavy atom. The summed E-state index contributed by atoms with van der Waals surface area (Å²) in [5.41, 5.74) is 1.20. The van der Waals surface area contributed by atoms with Gasteiger partial charge < -0.3 is 29.6 Å². The van der Waals surface area contributed by atoms with Crippen LogP contribution in [-0.2, 0) is 16.0 Å². The number of nitrogens with zero attached hydrogens (tertiary/aromatic N) is 2. The average molecular weight is 423 g/mol. The average Bonchev–Trinajstić information content (AvgIpc) is 3.20. The number of likely N-dealkylation sites (tertiary alicyclic amines) is 1. The van der Waals surface area contributed by atoms with Crippen LogP contribution in [0, 0.1) is 0 Å². The molecule has 2 rings (SSSR count). The molecule has 1 aromatic rings. The van der Waals surface area contributed by atoms with Gasteiger partial charge in [0.2, 0.25) is 0 Å². The molecule has 1 aliphatic rings. The summed E-state index contributed by atoms with van der Waals surface area (Å²) in [6.45, 7) is 5.87. The van der Waals surface area contributed by atoms with Crippen molar-refractivity contribution in [1.29, 1.82) is 0 Å². The van der Waals surface area contributed by atoms with Crippen molar-refractivity contribution in [3.8, 4) is 11.5 Å². The molecule has 1 aliphatic heterocycles. The highest BCUT2D eigenvalue weighted by Gasteiger charge is 2.23. The second-order valence-corrected chi connectivity index (χ2v) is 7.40. The summed E-state index contributed by atoms with van der Waals surface area (Å²) < 4.78 is 21.2. The summed E-state index contributed by atoms with van der Waals surface area (Å²) in [6.07, 6.45) is 3.16. The molecule has 30 heavy (non-hydrogen) atoms. The largest absolute Gasteiger partial charge is 0.497 e. The lowest BCUT2D eigenvalue weighted by Crippen LogP contribution is -2.44. The van der Waals surface area contributed by atoms with Crippen molar-refractivity contribution in [3.63, 3.8) is 0 Å². The van der Waals surface area contributed by atoms with Crippen LogP contribution in [0.4, 0.5) is 0 Å². The molecule has 0 aliphatic carbocycles. The number of methoxy groups -OCH3 is 3. The Kier molecular flexibility index (Phi) is 11.4. The summed E-state index contributed by atoms with van der Waals surface area (Å²) in [5.74, 6) is 2.52. The van der Waals surface area contributed by atoms with Gasteiger partial charge in [0, 0.05) is 59.1 Å². The maximum absolute atomic E-state index is 5.48. The minimum Gasteiger partial charge on any atom is -0.497 e. The SMILES string of the molecule is CN=C(NCCCCOCCOC)NC1CCN(Cc2cc(OC)cc(OC)c2)C1. The Labute approximate surface area is 180 Å². The highest BCUT2D eigenvalue weighted by atomic mass is 16.5. The first-order chi connectivity index (χ1) is 14.7. The Balaban J connectivity index is 1.68. The van der Waals surface area contributed by atoms with Gasteiger partial charge in [-0.15, -0.1) is 0 Å². The molecule has 170 valence electrons. The predicted molar refractivity (Wildman–Crippen MR) is 120 cm³/mol. The molecule has 1 aromatic carbocycles. The van der Waals surface area contributed by atoms with Crippen molar-refractivity contribution >= 4 is 5.96 Å². The van der Waals surface area contributed by atoms with Gasteiger partial charge in [0.1, 0.15) is 11.5 Å². The number of benzene rings is 1. The summed E-state index contributed by atoms with van der Waals surface area (Å²) in [7, 11) is 6.87. The van der Waals surface area contributed by atoms with E-state index in [1.165, 1.54) is 5.56 Å². The molecular formula is C22H38N4O4. The fourth-order valence-electron chi connectivity index (χ4n) is 3.48. The lowest BCUT2D eigenvalue weighted by atomic mass is 10.2. The predicted octanol–water partition coefficient (Wildman–Crippen LogP) is 1.89.